The fourth-order valence-electron chi connectivity index (χ4n) is 17.0. The Balaban J connectivity index is 1.10. The van der Waals surface area contributed by atoms with Crippen molar-refractivity contribution < 1.29 is 96.5 Å². The van der Waals surface area contributed by atoms with Crippen LogP contribution in [-0.2, 0) is 107 Å². The van der Waals surface area contributed by atoms with Crippen LogP contribution in [0.4, 0.5) is 0 Å². The number of carboxylic acids is 1. The third-order valence-corrected chi connectivity index (χ3v) is 25.8. The number of H-pyrrole nitrogens is 3. The molecule has 16 amide bonds. The molecule has 44 heteroatoms. The van der Waals surface area contributed by atoms with E-state index in [0.29, 0.717) is 82.0 Å². The number of likely N-dealkylation sites (N-methyl/N-ethyl adjacent to an activating group) is 3. The van der Waals surface area contributed by atoms with E-state index in [0.717, 1.165) is 26.5 Å². The Labute approximate surface area is 791 Å². The molecule has 15 atom stereocenters. The van der Waals surface area contributed by atoms with Crippen molar-refractivity contribution in [3.63, 3.8) is 0 Å². The number of carboxylic acid groups (broad SMARTS) is 1. The van der Waals surface area contributed by atoms with E-state index in [1.807, 2.05) is 19.9 Å². The number of amides is 16. The van der Waals surface area contributed by atoms with Crippen molar-refractivity contribution in [2.45, 2.75) is 240 Å². The molecule has 3 aromatic heterocycles. The summed E-state index contributed by atoms with van der Waals surface area (Å²) in [6.07, 6.45) is 4.32. The van der Waals surface area contributed by atoms with E-state index in [2.05, 4.69) is 73.1 Å². The maximum Gasteiger partial charge on any atom is 0.305 e. The van der Waals surface area contributed by atoms with E-state index in [-0.39, 0.29) is 116 Å². The molecule has 136 heavy (non-hydrogen) atoms. The predicted octanol–water partition coefficient (Wildman–Crippen LogP) is -2.11. The number of nitrogens with two attached hydrogens (primary N) is 4. The molecule has 3 aromatic carbocycles. The van der Waals surface area contributed by atoms with Crippen LogP contribution in [0.3, 0.4) is 0 Å². The van der Waals surface area contributed by atoms with E-state index in [1.54, 1.807) is 79.1 Å². The number of fused-ring (bicyclic) bond motifs is 4. The molecule has 0 bridgehead atoms. The zero-order valence-electron chi connectivity index (χ0n) is 77.8. The van der Waals surface area contributed by atoms with E-state index in [4.69, 9.17) is 27.7 Å². The SMILES string of the molecule is CCCC[C@H]1C(=O)N(C)[C@@H](CCCC)C(=O)N[C@@H](CCCN)C(=O)N[C@H](C(=O)NCC(N)=O)CSCC(=O)N[C@@H](Cc2ccc(OC)cc2)C(=O)N(C)[C@@H](C)C(=O)N[C@H](CC(=O)O)C(=O)N2CCC[C@H]2C(=O)N[C@@H](Cc2cnc[nH]2)C(=O)N[C@@H](CCCCN)C(=O)N2C[C@H](O)C[C@H]2C(=O)N[C@@H](Cc2c[nH]c3ccccc23)C(=O)N[C@@H](CCN)C(=O)N[C@@H](Cc2c[nH]c3ccccc23)C(=O)N1C. The molecular formula is C92H131N23O20S. The van der Waals surface area contributed by atoms with Crippen LogP contribution < -0.4 is 80.8 Å². The molecule has 3 aliphatic rings. The number of nitrogens with one attached hydrogen (secondary N) is 13. The standard InChI is InChI=1S/C92H131N23O20S/c1-8-10-26-72-85(127)104-63(25-18-35-94)81(123)110-71(80(122)100-47-76(96)117)49-136-50-77(118)102-68(38-53-29-31-58(135-7)32-30-53)88(130)111(4)52(3)79(121)108-70(43-78(119)120)91(133)114-37-19-28-73(114)86(128)107-67(41-56-46-97-51-101-56)84(126)105-65(24-16-17-34-93)90(132)115-48-57(116)42-75(115)87(129)106-66(39-54-44-98-61-22-14-12-20-59(54)61)83(125)103-64(33-36-95)82(124)109-69(40-55-45-99-62-23-15-13-21-60(55)62)89(131)113(6)74(27-11-9-2)92(134)112(72)5/h12-15,20-23,29-32,44-46,51-52,57,63-75,98-99,116H,8-11,16-19,24-28,33-43,47-50,93-95H2,1-7H3,(H2,96,117)(H,97,101)(H,100,122)(H,102,118)(H,103,125)(H,104,127)(H,105,126)(H,106,129)(H,107,128)(H,108,121)(H,109,124)(H,110,123)(H,119,120)/t52-,57+,63-,64-,65-,66-,67-,68-,69-,70+,71-,72-,73-,74-,75-/m0/s1. The van der Waals surface area contributed by atoms with Gasteiger partial charge in [-0.05, 0) is 132 Å². The van der Waals surface area contributed by atoms with Crippen LogP contribution in [0, 0.1) is 0 Å². The van der Waals surface area contributed by atoms with Crippen LogP contribution in [0.2, 0.25) is 0 Å². The molecule has 740 valence electrons. The van der Waals surface area contributed by atoms with Gasteiger partial charge in [0.05, 0.1) is 38.3 Å². The molecule has 9 rings (SSSR count). The maximum atomic E-state index is 15.8. The molecular weight excluding hydrogens is 1780 g/mol. The highest BCUT2D eigenvalue weighted by molar-refractivity contribution is 8.00. The fraction of sp³-hybridized carbons (Fsp3) is 0.543. The van der Waals surface area contributed by atoms with E-state index in [1.165, 1.54) is 57.5 Å². The number of para-hydroxylation sites is 2. The summed E-state index contributed by atoms with van der Waals surface area (Å²) in [4.78, 5) is 270. The normalized spacial score (nSPS) is 24.7. The molecule has 23 N–H and O–H groups in total. The summed E-state index contributed by atoms with van der Waals surface area (Å²) >= 11 is 0.794. The van der Waals surface area contributed by atoms with E-state index in [9.17, 15) is 53.4 Å². The number of thioether (sulfide) groups is 1. The predicted molar refractivity (Wildman–Crippen MR) is 502 cm³/mol. The second kappa shape index (κ2) is 52.1. The average Bonchev–Trinajstić information content (AvgIpc) is 1.51. The largest absolute Gasteiger partial charge is 0.497 e. The fourth-order valence-corrected chi connectivity index (χ4v) is 17.8. The molecule has 3 saturated heterocycles. The summed E-state index contributed by atoms with van der Waals surface area (Å²) in [7, 11) is 5.43. The van der Waals surface area contributed by atoms with Crippen LogP contribution >= 0.6 is 11.8 Å². The Bertz CT molecular complexity index is 5150. The number of aromatic nitrogens is 4. The highest BCUT2D eigenvalue weighted by Gasteiger charge is 2.47. The molecule has 0 spiro atoms. The van der Waals surface area contributed by atoms with Gasteiger partial charge in [-0.2, -0.15) is 0 Å². The van der Waals surface area contributed by atoms with Gasteiger partial charge in [-0.25, -0.2) is 4.98 Å². The zero-order chi connectivity index (χ0) is 99.0. The quantitative estimate of drug-likeness (QED) is 0.0223. The van der Waals surface area contributed by atoms with Gasteiger partial charge in [-0.1, -0.05) is 88.1 Å². The van der Waals surface area contributed by atoms with Crippen LogP contribution in [0.25, 0.3) is 21.8 Å². The highest BCUT2D eigenvalue weighted by atomic mass is 32.2. The van der Waals surface area contributed by atoms with Crippen molar-refractivity contribution in [2.24, 2.45) is 22.9 Å². The van der Waals surface area contributed by atoms with Crippen LogP contribution in [0.5, 0.6) is 5.75 Å². The van der Waals surface area contributed by atoms with Crippen molar-refractivity contribution in [3.8, 4) is 5.75 Å². The Morgan fingerprint density at radius 3 is 1.65 bits per heavy atom. The average molecular weight is 1910 g/mol. The Morgan fingerprint density at radius 1 is 0.522 bits per heavy atom. The van der Waals surface area contributed by atoms with Gasteiger partial charge in [0.15, 0.2) is 0 Å². The van der Waals surface area contributed by atoms with Gasteiger partial charge in [0, 0.05) is 118 Å². The van der Waals surface area contributed by atoms with Gasteiger partial charge < -0.3 is 131 Å². The second-order valence-corrected chi connectivity index (χ2v) is 35.6. The van der Waals surface area contributed by atoms with Crippen LogP contribution in [0.15, 0.2) is 97.7 Å². The number of aliphatic carboxylic acids is 1. The van der Waals surface area contributed by atoms with Crippen LogP contribution in [0.1, 0.15) is 146 Å². The van der Waals surface area contributed by atoms with Gasteiger partial charge in [0.1, 0.15) is 90.3 Å². The van der Waals surface area contributed by atoms with Crippen molar-refractivity contribution in [1.29, 1.82) is 0 Å². The minimum absolute atomic E-state index is 0.00961. The topological polar surface area (TPSA) is 641 Å². The molecule has 3 aliphatic heterocycles. The van der Waals surface area contributed by atoms with E-state index >= 15 is 38.4 Å². The lowest BCUT2D eigenvalue weighted by molar-refractivity contribution is -0.149. The van der Waals surface area contributed by atoms with Gasteiger partial charge in [0.25, 0.3) is 0 Å². The van der Waals surface area contributed by atoms with Gasteiger partial charge in [-0.15, -0.1) is 11.8 Å². The summed E-state index contributed by atoms with van der Waals surface area (Å²) in [5, 5.41) is 50.1. The number of ether oxygens (including phenoxy) is 1. The number of benzene rings is 3. The van der Waals surface area contributed by atoms with Crippen molar-refractivity contribution >= 4 is 134 Å². The molecule has 0 saturated carbocycles. The van der Waals surface area contributed by atoms with Crippen molar-refractivity contribution in [2.75, 3.05) is 79.0 Å². The smallest absolute Gasteiger partial charge is 0.305 e. The minimum atomic E-state index is -1.89. The van der Waals surface area contributed by atoms with Crippen LogP contribution in [-0.4, -0.2) is 325 Å². The molecule has 0 radical (unpaired) electrons. The first-order chi connectivity index (χ1) is 65.1. The molecule has 0 unspecified atom stereocenters. The molecule has 6 aromatic rings. The summed E-state index contributed by atoms with van der Waals surface area (Å²) in [5.74, 6) is -16.5. The number of aromatic amines is 3. The first-order valence-electron chi connectivity index (χ1n) is 46.1. The Hall–Kier alpha value is -13.1. The number of aliphatic hydroxyl groups excluding tert-OH is 1. The highest BCUT2D eigenvalue weighted by Crippen LogP contribution is 2.28. The van der Waals surface area contributed by atoms with Crippen molar-refractivity contribution in [1.82, 2.24) is 97.6 Å². The second-order valence-electron chi connectivity index (χ2n) is 34.6. The summed E-state index contributed by atoms with van der Waals surface area (Å²) < 4.78 is 5.35. The van der Waals surface area contributed by atoms with Gasteiger partial charge in [0.2, 0.25) is 94.5 Å². The third-order valence-electron chi connectivity index (χ3n) is 24.7. The lowest BCUT2D eigenvalue weighted by Crippen LogP contribution is -2.61. The number of carbonyl (C=O) groups excluding carboxylic acids is 16. The van der Waals surface area contributed by atoms with E-state index < -0.39 is 222 Å². The minimum Gasteiger partial charge on any atom is -0.497 e. The number of aliphatic hydroxyl groups is 1. The molecule has 3 fully saturated rings. The van der Waals surface area contributed by atoms with Crippen molar-refractivity contribution in [3.05, 3.63) is 120 Å². The monoisotopic (exact) mass is 1910 g/mol. The number of unbranched alkanes of at least 4 members (excludes halogenated alkanes) is 3. The summed E-state index contributed by atoms with van der Waals surface area (Å²) in [6.45, 7) is 3.61. The lowest BCUT2D eigenvalue weighted by Gasteiger charge is -2.36. The molecule has 0 aliphatic carbocycles. The number of nitrogens with zero attached hydrogens (tertiary/aromatic N) is 6. The third kappa shape index (κ3) is 29.5. The number of carbonyl (C=O) groups is 17. The lowest BCUT2D eigenvalue weighted by atomic mass is 9.99. The number of rotatable bonds is 29. The number of primary amides is 1. The summed E-state index contributed by atoms with van der Waals surface area (Å²) in [5.41, 5.74) is 26.9. The zero-order valence-corrected chi connectivity index (χ0v) is 78.7. The maximum absolute atomic E-state index is 15.8. The van der Waals surface area contributed by atoms with Gasteiger partial charge in [-0.3, -0.25) is 81.5 Å². The first-order valence-corrected chi connectivity index (χ1v) is 47.3. The molecule has 6 heterocycles. The van der Waals surface area contributed by atoms with Gasteiger partial charge >= 0.3 is 5.97 Å². The first kappa shape index (κ1) is 107. The number of imidazole rings is 1. The summed E-state index contributed by atoms with van der Waals surface area (Å²) in [6, 6.07) is -0.601. The Morgan fingerprint density at radius 2 is 1.05 bits per heavy atom. The Kier molecular flexibility index (Phi) is 40.9. The number of hydrogen-bond donors (Lipinski definition) is 19. The number of methoxy groups -OCH3 is 1. The molecule has 43 nitrogen and oxygen atoms in total. The number of hydrogen-bond acceptors (Lipinski definition) is 24.